The molecule has 2 aromatic carbocycles. The SMILES string of the molecule is O=C(Nc1ccc(-c2ccc(CO)o2)c(Cl)c1)c1cc([N+](=O)[O-])ccc1N1CCOCC1. The lowest BCUT2D eigenvalue weighted by Gasteiger charge is -2.30. The molecule has 2 N–H and O–H groups in total. The highest BCUT2D eigenvalue weighted by Gasteiger charge is 2.22. The number of halogens is 1. The van der Waals surface area contributed by atoms with Crippen LogP contribution in [0.1, 0.15) is 16.1 Å². The van der Waals surface area contributed by atoms with Gasteiger partial charge in [0.1, 0.15) is 18.1 Å². The zero-order chi connectivity index (χ0) is 22.7. The van der Waals surface area contributed by atoms with Crippen LogP contribution in [-0.2, 0) is 11.3 Å². The van der Waals surface area contributed by atoms with Crippen LogP contribution in [-0.4, -0.2) is 42.2 Å². The van der Waals surface area contributed by atoms with Gasteiger partial charge < -0.3 is 24.5 Å². The summed E-state index contributed by atoms with van der Waals surface area (Å²) in [4.78, 5) is 25.8. The third-order valence-corrected chi connectivity index (χ3v) is 5.41. The molecular formula is C22H20ClN3O6. The van der Waals surface area contributed by atoms with E-state index < -0.39 is 10.8 Å². The number of nitro benzene ring substituents is 1. The van der Waals surface area contributed by atoms with Gasteiger partial charge in [0.25, 0.3) is 11.6 Å². The molecule has 4 rings (SSSR count). The van der Waals surface area contributed by atoms with E-state index in [9.17, 15) is 14.9 Å². The third-order valence-electron chi connectivity index (χ3n) is 5.10. The van der Waals surface area contributed by atoms with Crippen LogP contribution >= 0.6 is 11.6 Å². The Morgan fingerprint density at radius 3 is 2.59 bits per heavy atom. The number of nitro groups is 1. The highest BCUT2D eigenvalue weighted by Crippen LogP contribution is 2.33. The van der Waals surface area contributed by atoms with E-state index >= 15 is 0 Å². The molecule has 1 saturated heterocycles. The van der Waals surface area contributed by atoms with Gasteiger partial charge in [-0.3, -0.25) is 14.9 Å². The predicted octanol–water partition coefficient (Wildman–Crippen LogP) is 4.09. The van der Waals surface area contributed by atoms with Crippen molar-refractivity contribution in [2.45, 2.75) is 6.61 Å². The summed E-state index contributed by atoms with van der Waals surface area (Å²) in [6, 6.07) is 12.5. The summed E-state index contributed by atoms with van der Waals surface area (Å²) >= 11 is 6.38. The highest BCUT2D eigenvalue weighted by molar-refractivity contribution is 6.33. The van der Waals surface area contributed by atoms with E-state index in [1.165, 1.54) is 12.1 Å². The maximum absolute atomic E-state index is 13.1. The Kier molecular flexibility index (Phi) is 6.40. The summed E-state index contributed by atoms with van der Waals surface area (Å²) in [7, 11) is 0. The van der Waals surface area contributed by atoms with Gasteiger partial charge in [0.05, 0.1) is 34.4 Å². The third kappa shape index (κ3) is 4.59. The van der Waals surface area contributed by atoms with Crippen molar-refractivity contribution >= 4 is 34.6 Å². The van der Waals surface area contributed by atoms with Gasteiger partial charge >= 0.3 is 0 Å². The van der Waals surface area contributed by atoms with Crippen LogP contribution in [0.25, 0.3) is 11.3 Å². The molecule has 9 nitrogen and oxygen atoms in total. The Hall–Kier alpha value is -3.40. The molecule has 0 atom stereocenters. The number of anilines is 2. The predicted molar refractivity (Wildman–Crippen MR) is 119 cm³/mol. The van der Waals surface area contributed by atoms with Crippen LogP contribution in [0.2, 0.25) is 5.02 Å². The normalized spacial score (nSPS) is 13.8. The van der Waals surface area contributed by atoms with E-state index in [0.29, 0.717) is 59.8 Å². The Morgan fingerprint density at radius 2 is 1.94 bits per heavy atom. The molecule has 1 fully saturated rings. The second-order valence-corrected chi connectivity index (χ2v) is 7.54. The summed E-state index contributed by atoms with van der Waals surface area (Å²) in [6.45, 7) is 1.97. The first-order chi connectivity index (χ1) is 15.5. The number of benzene rings is 2. The topological polar surface area (TPSA) is 118 Å². The number of rotatable bonds is 6. The molecule has 1 aliphatic rings. The second-order valence-electron chi connectivity index (χ2n) is 7.13. The number of carbonyl (C=O) groups is 1. The van der Waals surface area contributed by atoms with Gasteiger partial charge in [0.15, 0.2) is 0 Å². The standard InChI is InChI=1S/C22H20ClN3O6/c23-19-11-14(1-4-17(19)21-6-3-16(13-27)32-21)24-22(28)18-12-15(26(29)30)2-5-20(18)25-7-9-31-10-8-25/h1-6,11-12,27H,7-10,13H2,(H,24,28). The Labute approximate surface area is 188 Å². The van der Waals surface area contributed by atoms with Crippen LogP contribution in [0, 0.1) is 10.1 Å². The van der Waals surface area contributed by atoms with Gasteiger partial charge in [-0.15, -0.1) is 0 Å². The average molecular weight is 458 g/mol. The van der Waals surface area contributed by atoms with Gasteiger partial charge in [0.2, 0.25) is 0 Å². The number of nitrogens with zero attached hydrogens (tertiary/aromatic N) is 2. The molecule has 166 valence electrons. The molecule has 1 aromatic heterocycles. The Balaban J connectivity index is 1.61. The van der Waals surface area contributed by atoms with Crippen LogP contribution in [0.5, 0.6) is 0 Å². The molecule has 0 spiro atoms. The van der Waals surface area contributed by atoms with Crippen molar-refractivity contribution < 1.29 is 24.0 Å². The number of aliphatic hydroxyl groups is 1. The lowest BCUT2D eigenvalue weighted by Crippen LogP contribution is -2.37. The first-order valence-corrected chi connectivity index (χ1v) is 10.3. The van der Waals surface area contributed by atoms with Crippen molar-refractivity contribution in [2.24, 2.45) is 0 Å². The fraction of sp³-hybridized carbons (Fsp3) is 0.227. The minimum Gasteiger partial charge on any atom is -0.459 e. The maximum atomic E-state index is 13.1. The first kappa shape index (κ1) is 21.8. The van der Waals surface area contributed by atoms with Gasteiger partial charge in [-0.25, -0.2) is 0 Å². The molecule has 10 heteroatoms. The largest absolute Gasteiger partial charge is 0.459 e. The van der Waals surface area contributed by atoms with E-state index in [1.54, 1.807) is 36.4 Å². The molecule has 2 heterocycles. The summed E-state index contributed by atoms with van der Waals surface area (Å²) < 4.78 is 10.9. The maximum Gasteiger partial charge on any atom is 0.270 e. The zero-order valence-electron chi connectivity index (χ0n) is 16.9. The van der Waals surface area contributed by atoms with Crippen molar-refractivity contribution in [3.05, 3.63) is 75.0 Å². The summed E-state index contributed by atoms with van der Waals surface area (Å²) in [5, 5.41) is 23.5. The molecule has 0 saturated carbocycles. The van der Waals surface area contributed by atoms with Gasteiger partial charge in [-0.1, -0.05) is 11.6 Å². The second kappa shape index (κ2) is 9.39. The van der Waals surface area contributed by atoms with Crippen LogP contribution in [0.4, 0.5) is 17.1 Å². The van der Waals surface area contributed by atoms with E-state index in [0.717, 1.165) is 0 Å². The minimum absolute atomic E-state index is 0.168. The smallest absolute Gasteiger partial charge is 0.270 e. The number of aliphatic hydroxyl groups excluding tert-OH is 1. The zero-order valence-corrected chi connectivity index (χ0v) is 17.7. The lowest BCUT2D eigenvalue weighted by molar-refractivity contribution is -0.384. The van der Waals surface area contributed by atoms with Crippen LogP contribution in [0.15, 0.2) is 52.9 Å². The average Bonchev–Trinajstić information content (AvgIpc) is 3.28. The number of hydrogen-bond acceptors (Lipinski definition) is 7. The van der Waals surface area contributed by atoms with Crippen molar-refractivity contribution in [1.29, 1.82) is 0 Å². The highest BCUT2D eigenvalue weighted by atomic mass is 35.5. The molecule has 3 aromatic rings. The minimum atomic E-state index is -0.532. The molecule has 1 amide bonds. The van der Waals surface area contributed by atoms with Crippen molar-refractivity contribution in [1.82, 2.24) is 0 Å². The number of ether oxygens (including phenoxy) is 1. The molecule has 32 heavy (non-hydrogen) atoms. The molecule has 0 unspecified atom stereocenters. The number of morpholine rings is 1. The van der Waals surface area contributed by atoms with E-state index in [2.05, 4.69) is 5.32 Å². The molecule has 0 aliphatic carbocycles. The summed E-state index contributed by atoms with van der Waals surface area (Å²) in [5.74, 6) is 0.416. The van der Waals surface area contributed by atoms with Crippen molar-refractivity contribution in [3.8, 4) is 11.3 Å². The van der Waals surface area contributed by atoms with Gasteiger partial charge in [-0.05, 0) is 36.4 Å². The quantitative estimate of drug-likeness (QED) is 0.422. The molecular weight excluding hydrogens is 438 g/mol. The fourth-order valence-corrected chi connectivity index (χ4v) is 3.77. The number of hydrogen-bond donors (Lipinski definition) is 2. The van der Waals surface area contributed by atoms with Gasteiger partial charge in [-0.2, -0.15) is 0 Å². The van der Waals surface area contributed by atoms with E-state index in [1.807, 2.05) is 4.90 Å². The van der Waals surface area contributed by atoms with Crippen molar-refractivity contribution in [2.75, 3.05) is 36.5 Å². The molecule has 1 aliphatic heterocycles. The molecule has 0 radical (unpaired) electrons. The number of carbonyl (C=O) groups excluding carboxylic acids is 1. The summed E-state index contributed by atoms with van der Waals surface area (Å²) in [6.07, 6.45) is 0. The number of amides is 1. The van der Waals surface area contributed by atoms with Crippen LogP contribution in [0.3, 0.4) is 0 Å². The van der Waals surface area contributed by atoms with E-state index in [4.69, 9.17) is 25.9 Å². The Bertz CT molecular complexity index is 1160. The first-order valence-electron chi connectivity index (χ1n) is 9.88. The van der Waals surface area contributed by atoms with Crippen molar-refractivity contribution in [3.63, 3.8) is 0 Å². The molecule has 0 bridgehead atoms. The monoisotopic (exact) mass is 457 g/mol. The summed E-state index contributed by atoms with van der Waals surface area (Å²) in [5.41, 5.74) is 1.66. The Morgan fingerprint density at radius 1 is 1.16 bits per heavy atom. The lowest BCUT2D eigenvalue weighted by atomic mass is 10.1. The van der Waals surface area contributed by atoms with Crippen LogP contribution < -0.4 is 10.2 Å². The fourth-order valence-electron chi connectivity index (χ4n) is 3.50. The van der Waals surface area contributed by atoms with E-state index in [-0.39, 0.29) is 17.9 Å². The number of non-ortho nitro benzene ring substituents is 1. The van der Waals surface area contributed by atoms with Gasteiger partial charge in [0, 0.05) is 36.5 Å². The number of furan rings is 1. The number of nitrogens with one attached hydrogen (secondary N) is 1.